The highest BCUT2D eigenvalue weighted by Crippen LogP contribution is 2.08. The molecule has 3 nitrogen and oxygen atoms in total. The largest absolute Gasteiger partial charge is 0.325 e. The van der Waals surface area contributed by atoms with E-state index in [1.807, 2.05) is 38.1 Å². The summed E-state index contributed by atoms with van der Waals surface area (Å²) in [5.74, 6) is -0.00236. The maximum absolute atomic E-state index is 11.3. The van der Waals surface area contributed by atoms with Crippen molar-refractivity contribution in [2.45, 2.75) is 13.8 Å². The molecule has 76 valence electrons. The van der Waals surface area contributed by atoms with Crippen molar-refractivity contribution < 1.29 is 4.79 Å². The van der Waals surface area contributed by atoms with Crippen LogP contribution < -0.4 is 10.6 Å². The Labute approximate surface area is 84.5 Å². The highest BCUT2D eigenvalue weighted by atomic mass is 16.1. The molecule has 0 aliphatic heterocycles. The molecule has 0 aromatic heterocycles. The number of hydrogen-bond donors (Lipinski definition) is 2. The van der Waals surface area contributed by atoms with Crippen LogP contribution in [0.15, 0.2) is 24.3 Å². The van der Waals surface area contributed by atoms with Gasteiger partial charge in [0.2, 0.25) is 5.91 Å². The number of amides is 1. The fourth-order valence-electron chi connectivity index (χ4n) is 1.17. The van der Waals surface area contributed by atoms with E-state index >= 15 is 0 Å². The summed E-state index contributed by atoms with van der Waals surface area (Å²) in [4.78, 5) is 11.3. The molecule has 0 saturated carbocycles. The lowest BCUT2D eigenvalue weighted by Crippen LogP contribution is -2.27. The van der Waals surface area contributed by atoms with Crippen LogP contribution in [0.1, 0.15) is 12.5 Å². The smallest absolute Gasteiger partial charge is 0.238 e. The molecule has 2 N–H and O–H groups in total. The van der Waals surface area contributed by atoms with Gasteiger partial charge in [-0.1, -0.05) is 19.1 Å². The fourth-order valence-corrected chi connectivity index (χ4v) is 1.17. The average molecular weight is 192 g/mol. The van der Waals surface area contributed by atoms with E-state index < -0.39 is 0 Å². The Kier molecular flexibility index (Phi) is 4.13. The van der Waals surface area contributed by atoms with Gasteiger partial charge in [-0.2, -0.15) is 0 Å². The standard InChI is InChI=1S/C11H16N2O/c1-3-12-8-11(14)13-10-6-4-5-9(2)7-10/h4-7,12H,3,8H2,1-2H3,(H,13,14). The van der Waals surface area contributed by atoms with Crippen molar-refractivity contribution in [3.8, 4) is 0 Å². The predicted octanol–water partition coefficient (Wildman–Crippen LogP) is 1.54. The van der Waals surface area contributed by atoms with Gasteiger partial charge in [0.1, 0.15) is 0 Å². The number of carbonyl (C=O) groups is 1. The number of rotatable bonds is 4. The first-order valence-corrected chi connectivity index (χ1v) is 4.79. The van der Waals surface area contributed by atoms with Crippen LogP contribution in [0, 0.1) is 6.92 Å². The van der Waals surface area contributed by atoms with Gasteiger partial charge in [0.05, 0.1) is 6.54 Å². The second-order valence-electron chi connectivity index (χ2n) is 3.20. The zero-order valence-electron chi connectivity index (χ0n) is 8.63. The summed E-state index contributed by atoms with van der Waals surface area (Å²) in [7, 11) is 0. The topological polar surface area (TPSA) is 41.1 Å². The third kappa shape index (κ3) is 3.58. The minimum absolute atomic E-state index is 0.00236. The molecule has 1 amide bonds. The Morgan fingerprint density at radius 1 is 1.43 bits per heavy atom. The fraction of sp³-hybridized carbons (Fsp3) is 0.364. The van der Waals surface area contributed by atoms with Crippen LogP contribution >= 0.6 is 0 Å². The lowest BCUT2D eigenvalue weighted by molar-refractivity contribution is -0.115. The van der Waals surface area contributed by atoms with Crippen molar-refractivity contribution in [1.82, 2.24) is 5.32 Å². The molecule has 0 radical (unpaired) electrons. The zero-order chi connectivity index (χ0) is 10.4. The molecule has 0 aliphatic carbocycles. The lowest BCUT2D eigenvalue weighted by atomic mass is 10.2. The van der Waals surface area contributed by atoms with Gasteiger partial charge in [-0.25, -0.2) is 0 Å². The summed E-state index contributed by atoms with van der Waals surface area (Å²) in [5.41, 5.74) is 2.00. The lowest BCUT2D eigenvalue weighted by Gasteiger charge is -2.05. The Hall–Kier alpha value is -1.35. The average Bonchev–Trinajstić information content (AvgIpc) is 2.15. The number of carbonyl (C=O) groups excluding carboxylic acids is 1. The second-order valence-corrected chi connectivity index (χ2v) is 3.20. The van der Waals surface area contributed by atoms with Gasteiger partial charge in [0.25, 0.3) is 0 Å². The van der Waals surface area contributed by atoms with Crippen molar-refractivity contribution >= 4 is 11.6 Å². The van der Waals surface area contributed by atoms with Crippen molar-refractivity contribution in [2.75, 3.05) is 18.4 Å². The van der Waals surface area contributed by atoms with Gasteiger partial charge in [-0.15, -0.1) is 0 Å². The highest BCUT2D eigenvalue weighted by molar-refractivity contribution is 5.92. The molecule has 0 heterocycles. The van der Waals surface area contributed by atoms with Crippen LogP contribution in [-0.4, -0.2) is 19.0 Å². The number of nitrogens with one attached hydrogen (secondary N) is 2. The maximum atomic E-state index is 11.3. The second kappa shape index (κ2) is 5.40. The van der Waals surface area contributed by atoms with Gasteiger partial charge in [-0.05, 0) is 31.2 Å². The molecule has 0 saturated heterocycles. The van der Waals surface area contributed by atoms with E-state index in [4.69, 9.17) is 0 Å². The normalized spacial score (nSPS) is 9.86. The minimum atomic E-state index is -0.00236. The first-order chi connectivity index (χ1) is 6.72. The zero-order valence-corrected chi connectivity index (χ0v) is 8.63. The quantitative estimate of drug-likeness (QED) is 0.759. The number of likely N-dealkylation sites (N-methyl/N-ethyl adjacent to an activating group) is 1. The van der Waals surface area contributed by atoms with Gasteiger partial charge in [-0.3, -0.25) is 4.79 Å². The highest BCUT2D eigenvalue weighted by Gasteiger charge is 2.00. The van der Waals surface area contributed by atoms with Crippen molar-refractivity contribution in [1.29, 1.82) is 0 Å². The number of anilines is 1. The van der Waals surface area contributed by atoms with Crippen LogP contribution in [0.2, 0.25) is 0 Å². The molecule has 0 atom stereocenters. The molecule has 0 spiro atoms. The van der Waals surface area contributed by atoms with Crippen LogP contribution in [0.4, 0.5) is 5.69 Å². The van der Waals surface area contributed by atoms with Crippen molar-refractivity contribution in [2.24, 2.45) is 0 Å². The molecule has 1 rings (SSSR count). The van der Waals surface area contributed by atoms with E-state index in [1.54, 1.807) is 0 Å². The summed E-state index contributed by atoms with van der Waals surface area (Å²) in [6.45, 7) is 5.14. The van der Waals surface area contributed by atoms with Crippen LogP contribution in [-0.2, 0) is 4.79 Å². The SMILES string of the molecule is CCNCC(=O)Nc1cccc(C)c1. The summed E-state index contributed by atoms with van der Waals surface area (Å²) in [6, 6.07) is 7.76. The third-order valence-corrected chi connectivity index (χ3v) is 1.84. The number of hydrogen-bond acceptors (Lipinski definition) is 2. The Morgan fingerprint density at radius 3 is 2.86 bits per heavy atom. The van der Waals surface area contributed by atoms with Crippen molar-refractivity contribution in [3.05, 3.63) is 29.8 Å². The molecule has 14 heavy (non-hydrogen) atoms. The first-order valence-electron chi connectivity index (χ1n) is 4.79. The molecule has 1 aromatic carbocycles. The number of aryl methyl sites for hydroxylation is 1. The predicted molar refractivity (Wildman–Crippen MR) is 58.4 cm³/mol. The first kappa shape index (κ1) is 10.7. The van der Waals surface area contributed by atoms with Crippen LogP contribution in [0.5, 0.6) is 0 Å². The van der Waals surface area contributed by atoms with E-state index in [-0.39, 0.29) is 5.91 Å². The molecule has 0 fully saturated rings. The van der Waals surface area contributed by atoms with E-state index in [0.717, 1.165) is 17.8 Å². The maximum Gasteiger partial charge on any atom is 0.238 e. The van der Waals surface area contributed by atoms with Crippen LogP contribution in [0.25, 0.3) is 0 Å². The molecule has 0 aliphatic rings. The number of benzene rings is 1. The van der Waals surface area contributed by atoms with Crippen LogP contribution in [0.3, 0.4) is 0 Å². The van der Waals surface area contributed by atoms with Gasteiger partial charge < -0.3 is 10.6 Å². The van der Waals surface area contributed by atoms with E-state index in [1.165, 1.54) is 0 Å². The molecule has 3 heteroatoms. The summed E-state index contributed by atoms with van der Waals surface area (Å²) in [6.07, 6.45) is 0. The van der Waals surface area contributed by atoms with E-state index in [2.05, 4.69) is 10.6 Å². The Bertz CT molecular complexity index is 310. The van der Waals surface area contributed by atoms with Gasteiger partial charge in [0, 0.05) is 5.69 Å². The Balaban J connectivity index is 2.47. The Morgan fingerprint density at radius 2 is 2.21 bits per heavy atom. The molecule has 1 aromatic rings. The molecular formula is C11H16N2O. The van der Waals surface area contributed by atoms with Crippen molar-refractivity contribution in [3.63, 3.8) is 0 Å². The molecule has 0 bridgehead atoms. The molecular weight excluding hydrogens is 176 g/mol. The minimum Gasteiger partial charge on any atom is -0.325 e. The monoisotopic (exact) mass is 192 g/mol. The summed E-state index contributed by atoms with van der Waals surface area (Å²) in [5, 5.41) is 5.79. The summed E-state index contributed by atoms with van der Waals surface area (Å²) < 4.78 is 0. The van der Waals surface area contributed by atoms with E-state index in [0.29, 0.717) is 6.54 Å². The van der Waals surface area contributed by atoms with Gasteiger partial charge >= 0.3 is 0 Å². The van der Waals surface area contributed by atoms with E-state index in [9.17, 15) is 4.79 Å². The third-order valence-electron chi connectivity index (χ3n) is 1.84. The molecule has 0 unspecified atom stereocenters. The summed E-state index contributed by atoms with van der Waals surface area (Å²) >= 11 is 0. The van der Waals surface area contributed by atoms with Gasteiger partial charge in [0.15, 0.2) is 0 Å².